The molecule has 0 amide bonds. The quantitative estimate of drug-likeness (QED) is 0.158. The molecule has 0 radical (unpaired) electrons. The van der Waals surface area contributed by atoms with Crippen molar-refractivity contribution in [1.82, 2.24) is 9.13 Å². The third-order valence-corrected chi connectivity index (χ3v) is 14.1. The van der Waals surface area contributed by atoms with Crippen molar-refractivity contribution in [2.45, 2.75) is 0 Å². The number of thiophene rings is 1. The van der Waals surface area contributed by atoms with Crippen LogP contribution in [0.15, 0.2) is 231 Å². The molecule has 2 nitrogen and oxygen atoms in total. The second-order valence-corrected chi connectivity index (χ2v) is 17.6. The molecule has 0 fully saturated rings. The normalized spacial score (nSPS) is 11.8. The number of para-hydroxylation sites is 2. The second-order valence-electron chi connectivity index (χ2n) is 16.5. The highest BCUT2D eigenvalue weighted by Gasteiger charge is 2.17. The molecular weight excluding hydrogens is 781 g/mol. The maximum absolute atomic E-state index is 2.43. The zero-order chi connectivity index (χ0) is 41.4. The van der Waals surface area contributed by atoms with Crippen LogP contribution in [0.5, 0.6) is 0 Å². The lowest BCUT2D eigenvalue weighted by molar-refractivity contribution is 1.18. The average molecular weight is 819 g/mol. The van der Waals surface area contributed by atoms with Gasteiger partial charge in [0.15, 0.2) is 0 Å². The second kappa shape index (κ2) is 14.3. The molecule has 13 rings (SSSR count). The fourth-order valence-electron chi connectivity index (χ4n) is 9.87. The molecule has 0 atom stereocenters. The van der Waals surface area contributed by atoms with Crippen molar-refractivity contribution in [2.75, 3.05) is 0 Å². The minimum Gasteiger partial charge on any atom is -0.309 e. The Bertz CT molecular complexity index is 3870. The lowest BCUT2D eigenvalue weighted by Crippen LogP contribution is -1.94. The van der Waals surface area contributed by atoms with Gasteiger partial charge in [-0.15, -0.1) is 11.3 Å². The minimum absolute atomic E-state index is 1.15. The Balaban J connectivity index is 0.799. The Morgan fingerprint density at radius 2 is 0.651 bits per heavy atom. The van der Waals surface area contributed by atoms with Crippen LogP contribution in [-0.4, -0.2) is 9.13 Å². The van der Waals surface area contributed by atoms with E-state index in [1.807, 2.05) is 11.3 Å². The van der Waals surface area contributed by atoms with Gasteiger partial charge in [-0.3, -0.25) is 0 Å². The Hall–Kier alpha value is -7.98. The lowest BCUT2D eigenvalue weighted by Gasteiger charge is -2.11. The first-order chi connectivity index (χ1) is 31.2. The number of hydrogen-bond donors (Lipinski definition) is 0. The summed E-state index contributed by atoms with van der Waals surface area (Å²) in [6.45, 7) is 0. The van der Waals surface area contributed by atoms with E-state index in [1.165, 1.54) is 108 Å². The van der Waals surface area contributed by atoms with Crippen molar-refractivity contribution < 1.29 is 0 Å². The van der Waals surface area contributed by atoms with Crippen LogP contribution in [-0.2, 0) is 0 Å². The summed E-state index contributed by atoms with van der Waals surface area (Å²) in [5, 5.41) is 7.73. The number of benzene rings is 10. The smallest absolute Gasteiger partial charge is 0.0548 e. The molecule has 0 saturated heterocycles. The van der Waals surface area contributed by atoms with Crippen LogP contribution in [0.2, 0.25) is 0 Å². The summed E-state index contributed by atoms with van der Waals surface area (Å²) in [7, 11) is 0. The highest BCUT2D eigenvalue weighted by molar-refractivity contribution is 7.25. The molecule has 63 heavy (non-hydrogen) atoms. The standard InChI is InChI=1S/C60H38N2S/c1-2-11-39(12-3-1)44-13-10-14-45(35-44)46-29-34-57-52(36-46)49-15-4-7-18-55(49)61(57)47-30-25-42(26-31-47)40-21-23-41(24-22-40)43-27-32-48(33-28-43)62-56-19-8-5-16-50(56)53-38-60-54(37-58(53)62)51-17-6-9-20-59(51)63-60/h1-38H. The molecule has 0 N–H and O–H groups in total. The molecule has 3 heterocycles. The first kappa shape index (κ1) is 35.7. The van der Waals surface area contributed by atoms with Gasteiger partial charge < -0.3 is 9.13 Å². The van der Waals surface area contributed by atoms with E-state index in [-0.39, 0.29) is 0 Å². The molecule has 3 aromatic heterocycles. The zero-order valence-corrected chi connectivity index (χ0v) is 35.1. The molecule has 0 bridgehead atoms. The molecule has 0 aliphatic rings. The summed E-state index contributed by atoms with van der Waals surface area (Å²) in [5.41, 5.74) is 16.9. The summed E-state index contributed by atoms with van der Waals surface area (Å²) in [5.74, 6) is 0. The van der Waals surface area contributed by atoms with E-state index in [1.54, 1.807) is 0 Å². The van der Waals surface area contributed by atoms with Crippen LogP contribution in [0, 0.1) is 0 Å². The molecule has 0 aliphatic carbocycles. The number of aromatic nitrogens is 2. The van der Waals surface area contributed by atoms with Gasteiger partial charge in [-0.05, 0) is 117 Å². The Kier molecular flexibility index (Phi) is 8.12. The first-order valence-corrected chi connectivity index (χ1v) is 22.4. The van der Waals surface area contributed by atoms with Crippen LogP contribution in [0.1, 0.15) is 0 Å². The van der Waals surface area contributed by atoms with Gasteiger partial charge in [0.25, 0.3) is 0 Å². The van der Waals surface area contributed by atoms with Crippen LogP contribution < -0.4 is 0 Å². The van der Waals surface area contributed by atoms with Gasteiger partial charge in [0, 0.05) is 53.1 Å². The van der Waals surface area contributed by atoms with E-state index in [0.717, 1.165) is 11.4 Å². The van der Waals surface area contributed by atoms with Gasteiger partial charge in [0.2, 0.25) is 0 Å². The average Bonchev–Trinajstić information content (AvgIpc) is 4.01. The van der Waals surface area contributed by atoms with Crippen molar-refractivity contribution in [3.63, 3.8) is 0 Å². The predicted molar refractivity (Wildman–Crippen MR) is 270 cm³/mol. The molecule has 13 aromatic rings. The van der Waals surface area contributed by atoms with Gasteiger partial charge >= 0.3 is 0 Å². The van der Waals surface area contributed by atoms with Gasteiger partial charge in [0.05, 0.1) is 22.1 Å². The van der Waals surface area contributed by atoms with E-state index >= 15 is 0 Å². The van der Waals surface area contributed by atoms with Crippen molar-refractivity contribution in [3.8, 4) is 55.9 Å². The number of hydrogen-bond acceptors (Lipinski definition) is 1. The topological polar surface area (TPSA) is 9.86 Å². The molecule has 0 saturated carbocycles. The van der Waals surface area contributed by atoms with E-state index in [2.05, 4.69) is 240 Å². The predicted octanol–water partition coefficient (Wildman–Crippen LogP) is 16.9. The van der Waals surface area contributed by atoms with Crippen LogP contribution in [0.4, 0.5) is 0 Å². The zero-order valence-electron chi connectivity index (χ0n) is 34.2. The van der Waals surface area contributed by atoms with E-state index in [4.69, 9.17) is 0 Å². The Morgan fingerprint density at radius 3 is 1.29 bits per heavy atom. The summed E-state index contributed by atoms with van der Waals surface area (Å²) >= 11 is 1.88. The number of fused-ring (bicyclic) bond motifs is 9. The molecule has 10 aromatic carbocycles. The molecule has 0 spiro atoms. The third-order valence-electron chi connectivity index (χ3n) is 12.9. The Labute approximate surface area is 368 Å². The lowest BCUT2D eigenvalue weighted by atomic mass is 9.98. The number of rotatable bonds is 6. The van der Waals surface area contributed by atoms with Gasteiger partial charge in [0.1, 0.15) is 0 Å². The van der Waals surface area contributed by atoms with E-state index < -0.39 is 0 Å². The first-order valence-electron chi connectivity index (χ1n) is 21.6. The number of nitrogens with zero attached hydrogens (tertiary/aromatic N) is 2. The summed E-state index contributed by atoms with van der Waals surface area (Å²) in [4.78, 5) is 0. The highest BCUT2D eigenvalue weighted by Crippen LogP contribution is 2.41. The molecule has 0 aliphatic heterocycles. The van der Waals surface area contributed by atoms with Crippen molar-refractivity contribution in [2.24, 2.45) is 0 Å². The Morgan fingerprint density at radius 1 is 0.222 bits per heavy atom. The largest absolute Gasteiger partial charge is 0.309 e. The van der Waals surface area contributed by atoms with Gasteiger partial charge in [-0.1, -0.05) is 158 Å². The van der Waals surface area contributed by atoms with Crippen molar-refractivity contribution in [1.29, 1.82) is 0 Å². The highest BCUT2D eigenvalue weighted by atomic mass is 32.1. The fraction of sp³-hybridized carbons (Fsp3) is 0. The summed E-state index contributed by atoms with van der Waals surface area (Å²) in [6, 6.07) is 84.5. The fourth-order valence-corrected chi connectivity index (χ4v) is 11.0. The minimum atomic E-state index is 1.15. The van der Waals surface area contributed by atoms with E-state index in [9.17, 15) is 0 Å². The van der Waals surface area contributed by atoms with Crippen molar-refractivity contribution in [3.05, 3.63) is 231 Å². The monoisotopic (exact) mass is 818 g/mol. The summed E-state index contributed by atoms with van der Waals surface area (Å²) in [6.07, 6.45) is 0. The van der Waals surface area contributed by atoms with Crippen LogP contribution in [0.3, 0.4) is 0 Å². The molecular formula is C60H38N2S. The van der Waals surface area contributed by atoms with Gasteiger partial charge in [-0.2, -0.15) is 0 Å². The SMILES string of the molecule is c1ccc(-c2cccc(-c3ccc4c(c3)c3ccccc3n4-c3ccc(-c4ccc(-c5ccc(-n6c7ccccc7c7cc8sc9ccccc9c8cc76)cc5)cc4)cc3)c2)cc1. The molecule has 294 valence electrons. The molecule has 0 unspecified atom stereocenters. The van der Waals surface area contributed by atoms with Crippen molar-refractivity contribution >= 4 is 75.1 Å². The van der Waals surface area contributed by atoms with E-state index in [0.29, 0.717) is 0 Å². The van der Waals surface area contributed by atoms with Gasteiger partial charge in [-0.25, -0.2) is 0 Å². The molecule has 3 heteroatoms. The third kappa shape index (κ3) is 5.85. The van der Waals surface area contributed by atoms with Crippen LogP contribution in [0.25, 0.3) is 120 Å². The van der Waals surface area contributed by atoms with Crippen LogP contribution >= 0.6 is 11.3 Å². The summed E-state index contributed by atoms with van der Waals surface area (Å²) < 4.78 is 7.49. The maximum Gasteiger partial charge on any atom is 0.0548 e. The maximum atomic E-state index is 2.43.